The second-order valence-corrected chi connectivity index (χ2v) is 8.05. The minimum atomic E-state index is -0.309. The van der Waals surface area contributed by atoms with Crippen molar-refractivity contribution in [3.05, 3.63) is 69.6 Å². The number of nitrogens with one attached hydrogen (secondary N) is 2. The van der Waals surface area contributed by atoms with Gasteiger partial charge in [-0.1, -0.05) is 11.6 Å². The summed E-state index contributed by atoms with van der Waals surface area (Å²) in [5, 5.41) is 6.82. The van der Waals surface area contributed by atoms with Crippen molar-refractivity contribution in [2.24, 2.45) is 0 Å². The summed E-state index contributed by atoms with van der Waals surface area (Å²) in [5.41, 5.74) is 1.27. The third kappa shape index (κ3) is 4.10. The van der Waals surface area contributed by atoms with Crippen molar-refractivity contribution in [2.75, 3.05) is 5.32 Å². The van der Waals surface area contributed by atoms with Crippen LogP contribution in [0.2, 0.25) is 5.02 Å². The van der Waals surface area contributed by atoms with Gasteiger partial charge in [-0.15, -0.1) is 11.3 Å². The molecule has 0 unspecified atom stereocenters. The predicted octanol–water partition coefficient (Wildman–Crippen LogP) is 4.38. The van der Waals surface area contributed by atoms with Gasteiger partial charge in [-0.3, -0.25) is 14.9 Å². The maximum Gasteiger partial charge on any atom is 0.257 e. The fourth-order valence-electron chi connectivity index (χ4n) is 3.21. The quantitative estimate of drug-likeness (QED) is 0.647. The first kappa shape index (κ1) is 18.7. The number of aromatic nitrogens is 1. The van der Waals surface area contributed by atoms with Crippen LogP contribution in [0.3, 0.4) is 0 Å². The molecule has 6 nitrogen and oxygen atoms in total. The molecule has 0 bridgehead atoms. The van der Waals surface area contributed by atoms with Crippen LogP contribution in [-0.2, 0) is 17.8 Å². The van der Waals surface area contributed by atoms with E-state index in [1.807, 2.05) is 6.07 Å². The van der Waals surface area contributed by atoms with Gasteiger partial charge in [0, 0.05) is 15.5 Å². The molecule has 0 spiro atoms. The largest absolute Gasteiger partial charge is 0.467 e. The van der Waals surface area contributed by atoms with Crippen molar-refractivity contribution >= 4 is 39.9 Å². The first-order valence-electron chi connectivity index (χ1n) is 8.97. The number of amides is 2. The zero-order valence-electron chi connectivity index (χ0n) is 14.9. The first-order chi connectivity index (χ1) is 13.6. The maximum absolute atomic E-state index is 12.7. The lowest BCUT2D eigenvalue weighted by molar-refractivity contribution is -0.123. The van der Waals surface area contributed by atoms with Crippen LogP contribution in [-0.4, -0.2) is 16.8 Å². The minimum Gasteiger partial charge on any atom is -0.467 e. The van der Waals surface area contributed by atoms with Gasteiger partial charge in [0.1, 0.15) is 5.76 Å². The molecule has 2 N–H and O–H groups in total. The van der Waals surface area contributed by atoms with E-state index < -0.39 is 0 Å². The number of carbonyl (C=O) groups is 2. The van der Waals surface area contributed by atoms with Gasteiger partial charge < -0.3 is 9.73 Å². The monoisotopic (exact) mass is 415 g/mol. The molecule has 1 aliphatic rings. The SMILES string of the molecule is O=C(Nc1nc2c(s1)CCC[C@@H]2C(=O)NCc1ccco1)c1ccc(Cl)cc1. The molecule has 0 aliphatic heterocycles. The molecule has 2 heterocycles. The molecule has 1 aromatic carbocycles. The predicted molar refractivity (Wildman–Crippen MR) is 108 cm³/mol. The Hall–Kier alpha value is -2.64. The number of hydrogen-bond acceptors (Lipinski definition) is 5. The second-order valence-electron chi connectivity index (χ2n) is 6.53. The number of thiazole rings is 1. The van der Waals surface area contributed by atoms with E-state index in [1.165, 1.54) is 11.3 Å². The Morgan fingerprint density at radius 1 is 1.25 bits per heavy atom. The van der Waals surface area contributed by atoms with E-state index in [0.29, 0.717) is 28.0 Å². The van der Waals surface area contributed by atoms with Gasteiger partial charge >= 0.3 is 0 Å². The number of carbonyl (C=O) groups excluding carboxylic acids is 2. The molecule has 1 atom stereocenters. The van der Waals surface area contributed by atoms with Crippen molar-refractivity contribution in [1.29, 1.82) is 0 Å². The molecule has 0 saturated carbocycles. The summed E-state index contributed by atoms with van der Waals surface area (Å²) in [4.78, 5) is 30.7. The van der Waals surface area contributed by atoms with Gasteiger partial charge in [0.05, 0.1) is 24.4 Å². The summed E-state index contributed by atoms with van der Waals surface area (Å²) in [6, 6.07) is 10.3. The fraction of sp³-hybridized carbons (Fsp3) is 0.250. The van der Waals surface area contributed by atoms with Gasteiger partial charge in [0.25, 0.3) is 5.91 Å². The molecule has 2 aromatic heterocycles. The number of hydrogen-bond donors (Lipinski definition) is 2. The van der Waals surface area contributed by atoms with Crippen LogP contribution in [0, 0.1) is 0 Å². The van der Waals surface area contributed by atoms with Crippen LogP contribution in [0.4, 0.5) is 5.13 Å². The number of rotatable bonds is 5. The molecule has 0 saturated heterocycles. The maximum atomic E-state index is 12.7. The standard InChI is InChI=1S/C20H18ClN3O3S/c21-13-8-6-12(7-9-13)18(25)24-20-23-17-15(4-1-5-16(17)28-20)19(26)22-11-14-3-2-10-27-14/h2-3,6-10,15H,1,4-5,11H2,(H,22,26)(H,23,24,25)/t15-/m0/s1. The Bertz CT molecular complexity index is 983. The van der Waals surface area contributed by atoms with Gasteiger partial charge in [0.15, 0.2) is 5.13 Å². The van der Waals surface area contributed by atoms with E-state index in [-0.39, 0.29) is 17.7 Å². The Balaban J connectivity index is 1.46. The highest BCUT2D eigenvalue weighted by Crippen LogP contribution is 2.37. The Kier molecular flexibility index (Phi) is 5.45. The van der Waals surface area contributed by atoms with E-state index in [4.69, 9.17) is 16.0 Å². The smallest absolute Gasteiger partial charge is 0.257 e. The van der Waals surface area contributed by atoms with Gasteiger partial charge in [0.2, 0.25) is 5.91 Å². The Morgan fingerprint density at radius 2 is 2.07 bits per heavy atom. The van der Waals surface area contributed by atoms with Crippen molar-refractivity contribution in [3.8, 4) is 0 Å². The number of fused-ring (bicyclic) bond motifs is 1. The number of benzene rings is 1. The molecule has 2 amide bonds. The van der Waals surface area contributed by atoms with Crippen LogP contribution in [0.1, 0.15) is 45.4 Å². The highest BCUT2D eigenvalue weighted by Gasteiger charge is 2.30. The normalized spacial score (nSPS) is 15.7. The van der Waals surface area contributed by atoms with Gasteiger partial charge in [-0.25, -0.2) is 4.98 Å². The lowest BCUT2D eigenvalue weighted by atomic mass is 9.90. The van der Waals surface area contributed by atoms with Crippen LogP contribution < -0.4 is 10.6 Å². The lowest BCUT2D eigenvalue weighted by Crippen LogP contribution is -2.30. The molecule has 1 aliphatic carbocycles. The van der Waals surface area contributed by atoms with Gasteiger partial charge in [-0.05, 0) is 55.7 Å². The van der Waals surface area contributed by atoms with Crippen molar-refractivity contribution in [1.82, 2.24) is 10.3 Å². The van der Waals surface area contributed by atoms with Crippen LogP contribution >= 0.6 is 22.9 Å². The number of aryl methyl sites for hydroxylation is 1. The third-order valence-electron chi connectivity index (χ3n) is 4.61. The molecule has 0 fully saturated rings. The molecule has 0 radical (unpaired) electrons. The van der Waals surface area contributed by atoms with Gasteiger partial charge in [-0.2, -0.15) is 0 Å². The third-order valence-corrected chi connectivity index (χ3v) is 5.91. The Labute approximate surface area is 170 Å². The highest BCUT2D eigenvalue weighted by molar-refractivity contribution is 7.16. The molecule has 144 valence electrons. The summed E-state index contributed by atoms with van der Waals surface area (Å²) < 4.78 is 5.25. The number of halogens is 1. The van der Waals surface area contributed by atoms with E-state index in [1.54, 1.807) is 36.6 Å². The average Bonchev–Trinajstić information content (AvgIpc) is 3.35. The summed E-state index contributed by atoms with van der Waals surface area (Å²) in [5.74, 6) is 0.0783. The van der Waals surface area contributed by atoms with E-state index in [9.17, 15) is 9.59 Å². The van der Waals surface area contributed by atoms with Crippen LogP contribution in [0.15, 0.2) is 47.1 Å². The van der Waals surface area contributed by atoms with Crippen molar-refractivity contribution in [3.63, 3.8) is 0 Å². The number of anilines is 1. The zero-order chi connectivity index (χ0) is 19.5. The molecular formula is C20H18ClN3O3S. The van der Waals surface area contributed by atoms with E-state index in [0.717, 1.165) is 29.8 Å². The summed E-state index contributed by atoms with van der Waals surface area (Å²) >= 11 is 7.29. The van der Waals surface area contributed by atoms with Crippen molar-refractivity contribution in [2.45, 2.75) is 31.7 Å². The van der Waals surface area contributed by atoms with E-state index >= 15 is 0 Å². The number of nitrogens with zero attached hydrogens (tertiary/aromatic N) is 1. The summed E-state index contributed by atoms with van der Waals surface area (Å²) in [6.07, 6.45) is 4.10. The topological polar surface area (TPSA) is 84.2 Å². The highest BCUT2D eigenvalue weighted by atomic mass is 35.5. The molecular weight excluding hydrogens is 398 g/mol. The number of furan rings is 1. The zero-order valence-corrected chi connectivity index (χ0v) is 16.5. The first-order valence-corrected chi connectivity index (χ1v) is 10.2. The molecule has 28 heavy (non-hydrogen) atoms. The summed E-state index contributed by atoms with van der Waals surface area (Å²) in [6.45, 7) is 0.349. The second kappa shape index (κ2) is 8.16. The average molecular weight is 416 g/mol. The van der Waals surface area contributed by atoms with Crippen molar-refractivity contribution < 1.29 is 14.0 Å². The minimum absolute atomic E-state index is 0.0711. The Morgan fingerprint density at radius 3 is 2.82 bits per heavy atom. The molecule has 3 aromatic rings. The summed E-state index contributed by atoms with van der Waals surface area (Å²) in [7, 11) is 0. The van der Waals surface area contributed by atoms with Crippen LogP contribution in [0.25, 0.3) is 0 Å². The lowest BCUT2D eigenvalue weighted by Gasteiger charge is -2.20. The fourth-order valence-corrected chi connectivity index (χ4v) is 4.39. The molecule has 4 rings (SSSR count). The van der Waals surface area contributed by atoms with Crippen LogP contribution in [0.5, 0.6) is 0 Å². The van der Waals surface area contributed by atoms with E-state index in [2.05, 4.69) is 15.6 Å². The molecule has 8 heteroatoms.